The summed E-state index contributed by atoms with van der Waals surface area (Å²) >= 11 is 0. The van der Waals surface area contributed by atoms with E-state index in [0.29, 0.717) is 17.7 Å². The van der Waals surface area contributed by atoms with Gasteiger partial charge in [0.25, 0.3) is 0 Å². The summed E-state index contributed by atoms with van der Waals surface area (Å²) in [6, 6.07) is 18.6. The van der Waals surface area contributed by atoms with Crippen LogP contribution in [0.5, 0.6) is 0 Å². The van der Waals surface area contributed by atoms with Crippen LogP contribution in [0.4, 0.5) is 0 Å². The molecule has 0 atom stereocenters. The molecule has 0 saturated heterocycles. The normalized spacial score (nSPS) is 11.0. The Morgan fingerprint density at radius 2 is 1.68 bits per heavy atom. The average molecular weight is 373 g/mol. The topological polar surface area (TPSA) is 48.3 Å². The van der Waals surface area contributed by atoms with Crippen LogP contribution in [-0.2, 0) is 4.74 Å². The van der Waals surface area contributed by atoms with Gasteiger partial charge in [-0.1, -0.05) is 42.5 Å². The molecular weight excluding hydrogens is 350 g/mol. The van der Waals surface area contributed by atoms with Crippen LogP contribution in [0, 0.1) is 13.8 Å². The molecule has 28 heavy (non-hydrogen) atoms. The Morgan fingerprint density at radius 1 is 1.00 bits per heavy atom. The molecule has 0 saturated carbocycles. The average Bonchev–Trinajstić information content (AvgIpc) is 3.00. The number of ketones is 1. The van der Waals surface area contributed by atoms with Gasteiger partial charge in [0.2, 0.25) is 0 Å². The molecule has 3 aromatic rings. The van der Waals surface area contributed by atoms with Gasteiger partial charge < -0.3 is 9.30 Å². The second-order valence-electron chi connectivity index (χ2n) is 6.46. The van der Waals surface area contributed by atoms with Crippen molar-refractivity contribution in [2.24, 2.45) is 0 Å². The van der Waals surface area contributed by atoms with Crippen molar-refractivity contribution in [1.82, 2.24) is 4.57 Å². The zero-order valence-corrected chi connectivity index (χ0v) is 16.3. The zero-order valence-electron chi connectivity index (χ0n) is 16.3. The van der Waals surface area contributed by atoms with Gasteiger partial charge >= 0.3 is 5.97 Å². The van der Waals surface area contributed by atoms with Gasteiger partial charge in [-0.3, -0.25) is 4.79 Å². The number of carbonyl (C=O) groups excluding carboxylic acids is 2. The lowest BCUT2D eigenvalue weighted by Gasteiger charge is -2.14. The van der Waals surface area contributed by atoms with Gasteiger partial charge in [-0.2, -0.15) is 0 Å². The Kier molecular flexibility index (Phi) is 5.90. The molecule has 0 radical (unpaired) electrons. The minimum atomic E-state index is -0.345. The van der Waals surface area contributed by atoms with Crippen LogP contribution >= 0.6 is 0 Å². The van der Waals surface area contributed by atoms with Crippen molar-refractivity contribution in [2.75, 3.05) is 6.61 Å². The number of carbonyl (C=O) groups is 2. The first kappa shape index (κ1) is 19.4. The number of benzene rings is 2. The van der Waals surface area contributed by atoms with E-state index in [-0.39, 0.29) is 11.8 Å². The minimum Gasteiger partial charge on any atom is -0.462 e. The molecule has 0 aliphatic rings. The van der Waals surface area contributed by atoms with E-state index < -0.39 is 0 Å². The summed E-state index contributed by atoms with van der Waals surface area (Å²) in [6.45, 7) is 6.07. The van der Waals surface area contributed by atoms with E-state index in [4.69, 9.17) is 4.74 Å². The molecule has 1 heterocycles. The SMILES string of the molecule is CCOC(=O)c1ccccc1-n1c(C)cc(/C=C/C(=O)c2ccccc2)c1C. The molecule has 1 aromatic heterocycles. The maximum absolute atomic E-state index is 12.4. The van der Waals surface area contributed by atoms with Crippen LogP contribution in [0.25, 0.3) is 11.8 Å². The molecule has 0 spiro atoms. The molecule has 0 N–H and O–H groups in total. The quantitative estimate of drug-likeness (QED) is 0.340. The summed E-state index contributed by atoms with van der Waals surface area (Å²) in [5.74, 6) is -0.390. The van der Waals surface area contributed by atoms with Crippen LogP contribution in [0.15, 0.2) is 66.7 Å². The zero-order chi connectivity index (χ0) is 20.1. The second kappa shape index (κ2) is 8.53. The molecule has 0 aliphatic heterocycles. The highest BCUT2D eigenvalue weighted by Gasteiger charge is 2.17. The second-order valence-corrected chi connectivity index (χ2v) is 6.46. The number of para-hydroxylation sites is 1. The molecule has 4 heteroatoms. The molecule has 0 unspecified atom stereocenters. The molecule has 0 bridgehead atoms. The summed E-state index contributed by atoms with van der Waals surface area (Å²) in [7, 11) is 0. The lowest BCUT2D eigenvalue weighted by atomic mass is 10.1. The van der Waals surface area contributed by atoms with Crippen molar-refractivity contribution in [3.05, 3.63) is 94.8 Å². The number of aryl methyl sites for hydroxylation is 1. The van der Waals surface area contributed by atoms with Gasteiger partial charge in [0.15, 0.2) is 5.78 Å². The van der Waals surface area contributed by atoms with Crippen LogP contribution in [0.1, 0.15) is 44.6 Å². The maximum Gasteiger partial charge on any atom is 0.340 e. The standard InChI is InChI=1S/C24H23NO3/c1-4-28-24(27)21-12-8-9-13-22(21)25-17(2)16-20(18(25)3)14-15-23(26)19-10-6-5-7-11-19/h5-16H,4H2,1-3H3/b15-14+. The monoisotopic (exact) mass is 373 g/mol. The van der Waals surface area contributed by atoms with E-state index in [2.05, 4.69) is 0 Å². The first-order chi connectivity index (χ1) is 13.5. The number of allylic oxidation sites excluding steroid dienone is 1. The number of aromatic nitrogens is 1. The Bertz CT molecular complexity index is 1030. The third-order valence-electron chi connectivity index (χ3n) is 4.58. The lowest BCUT2D eigenvalue weighted by Crippen LogP contribution is -2.11. The van der Waals surface area contributed by atoms with E-state index in [0.717, 1.165) is 22.6 Å². The Morgan fingerprint density at radius 3 is 2.39 bits per heavy atom. The third-order valence-corrected chi connectivity index (χ3v) is 4.58. The summed E-state index contributed by atoms with van der Waals surface area (Å²) < 4.78 is 7.21. The lowest BCUT2D eigenvalue weighted by molar-refractivity contribution is 0.0526. The largest absolute Gasteiger partial charge is 0.462 e. The number of hydrogen-bond donors (Lipinski definition) is 0. The Hall–Kier alpha value is -3.40. The van der Waals surface area contributed by atoms with Gasteiger partial charge in [0, 0.05) is 17.0 Å². The molecule has 0 fully saturated rings. The molecule has 2 aromatic carbocycles. The number of rotatable bonds is 6. The summed E-state index contributed by atoms with van der Waals surface area (Å²) in [5, 5.41) is 0. The van der Waals surface area contributed by atoms with E-state index >= 15 is 0 Å². The summed E-state index contributed by atoms with van der Waals surface area (Å²) in [6.07, 6.45) is 3.40. The van der Waals surface area contributed by atoms with Gasteiger partial charge in [0.1, 0.15) is 0 Å². The van der Waals surface area contributed by atoms with Crippen molar-refractivity contribution in [1.29, 1.82) is 0 Å². The Balaban J connectivity index is 1.97. The Labute approximate surface area is 165 Å². The first-order valence-corrected chi connectivity index (χ1v) is 9.26. The molecule has 4 nitrogen and oxygen atoms in total. The van der Waals surface area contributed by atoms with Crippen molar-refractivity contribution in [3.8, 4) is 5.69 Å². The summed E-state index contributed by atoms with van der Waals surface area (Å²) in [5.41, 5.74) is 4.79. The fraction of sp³-hybridized carbons (Fsp3) is 0.167. The van der Waals surface area contributed by atoms with Crippen LogP contribution in [-0.4, -0.2) is 22.9 Å². The third kappa shape index (κ3) is 3.96. The smallest absolute Gasteiger partial charge is 0.340 e. The van der Waals surface area contributed by atoms with Crippen LogP contribution in [0.3, 0.4) is 0 Å². The van der Waals surface area contributed by atoms with E-state index in [1.807, 2.05) is 67.0 Å². The van der Waals surface area contributed by atoms with Gasteiger partial charge in [-0.25, -0.2) is 4.79 Å². The number of hydrogen-bond acceptors (Lipinski definition) is 3. The minimum absolute atomic E-state index is 0.0441. The van der Waals surface area contributed by atoms with E-state index in [9.17, 15) is 9.59 Å². The van der Waals surface area contributed by atoms with Crippen LogP contribution in [0.2, 0.25) is 0 Å². The van der Waals surface area contributed by atoms with Crippen molar-refractivity contribution < 1.29 is 14.3 Å². The highest BCUT2D eigenvalue weighted by molar-refractivity contribution is 6.06. The summed E-state index contributed by atoms with van der Waals surface area (Å²) in [4.78, 5) is 24.7. The number of ether oxygens (including phenoxy) is 1. The maximum atomic E-state index is 12.4. The molecule has 0 aliphatic carbocycles. The van der Waals surface area contributed by atoms with Gasteiger partial charge in [-0.05, 0) is 56.7 Å². The predicted molar refractivity (Wildman–Crippen MR) is 111 cm³/mol. The highest BCUT2D eigenvalue weighted by atomic mass is 16.5. The molecular formula is C24H23NO3. The fourth-order valence-electron chi connectivity index (χ4n) is 3.24. The van der Waals surface area contributed by atoms with E-state index in [1.165, 1.54) is 0 Å². The van der Waals surface area contributed by atoms with Crippen molar-refractivity contribution >= 4 is 17.8 Å². The van der Waals surface area contributed by atoms with Crippen LogP contribution < -0.4 is 0 Å². The van der Waals surface area contributed by atoms with E-state index in [1.54, 1.807) is 31.2 Å². The molecule has 3 rings (SSSR count). The first-order valence-electron chi connectivity index (χ1n) is 9.26. The predicted octanol–water partition coefficient (Wildman–Crippen LogP) is 5.17. The highest BCUT2D eigenvalue weighted by Crippen LogP contribution is 2.25. The van der Waals surface area contributed by atoms with Crippen molar-refractivity contribution in [2.45, 2.75) is 20.8 Å². The van der Waals surface area contributed by atoms with Gasteiger partial charge in [0.05, 0.1) is 17.9 Å². The molecule has 142 valence electrons. The fourth-order valence-corrected chi connectivity index (χ4v) is 3.24. The van der Waals surface area contributed by atoms with Crippen molar-refractivity contribution in [3.63, 3.8) is 0 Å². The number of esters is 1. The number of nitrogens with zero attached hydrogens (tertiary/aromatic N) is 1. The molecule has 0 amide bonds. The van der Waals surface area contributed by atoms with Gasteiger partial charge in [-0.15, -0.1) is 0 Å².